The first kappa shape index (κ1) is 18.0. The lowest BCUT2D eigenvalue weighted by atomic mass is 10.1. The van der Waals surface area contributed by atoms with Crippen molar-refractivity contribution < 1.29 is 28.5 Å². The van der Waals surface area contributed by atoms with Crippen LogP contribution in [0.5, 0.6) is 23.0 Å². The Morgan fingerprint density at radius 1 is 1.07 bits per heavy atom. The van der Waals surface area contributed by atoms with Crippen molar-refractivity contribution in [1.29, 1.82) is 0 Å². The molecule has 28 heavy (non-hydrogen) atoms. The first-order chi connectivity index (χ1) is 13.6. The van der Waals surface area contributed by atoms with Crippen molar-refractivity contribution in [3.05, 3.63) is 42.0 Å². The van der Waals surface area contributed by atoms with Gasteiger partial charge in [-0.25, -0.2) is 0 Å². The third-order valence-corrected chi connectivity index (χ3v) is 4.77. The highest BCUT2D eigenvalue weighted by molar-refractivity contribution is 5.99. The summed E-state index contributed by atoms with van der Waals surface area (Å²) < 4.78 is 21.1. The zero-order valence-electron chi connectivity index (χ0n) is 15.6. The maximum atomic E-state index is 12.6. The van der Waals surface area contributed by atoms with Gasteiger partial charge in [0.05, 0.1) is 20.3 Å². The van der Waals surface area contributed by atoms with Crippen LogP contribution in [-0.2, 0) is 4.79 Å². The lowest BCUT2D eigenvalue weighted by molar-refractivity contribution is -0.117. The highest BCUT2D eigenvalue weighted by Gasteiger charge is 2.32. The molecule has 0 radical (unpaired) electrons. The van der Waals surface area contributed by atoms with Gasteiger partial charge in [0.25, 0.3) is 5.91 Å². The second kappa shape index (κ2) is 7.30. The molecule has 1 N–H and O–H groups in total. The molecule has 1 fully saturated rings. The van der Waals surface area contributed by atoms with Crippen molar-refractivity contribution >= 4 is 17.5 Å². The molecule has 146 valence electrons. The van der Waals surface area contributed by atoms with Crippen LogP contribution < -0.4 is 29.2 Å². The predicted octanol–water partition coefficient (Wildman–Crippen LogP) is 1.97. The highest BCUT2D eigenvalue weighted by Crippen LogP contribution is 2.34. The van der Waals surface area contributed by atoms with Gasteiger partial charge in [-0.1, -0.05) is 0 Å². The van der Waals surface area contributed by atoms with Gasteiger partial charge in [-0.15, -0.1) is 0 Å². The third-order valence-electron chi connectivity index (χ3n) is 4.77. The van der Waals surface area contributed by atoms with Gasteiger partial charge in [0.15, 0.2) is 23.0 Å². The molecule has 1 atom stereocenters. The monoisotopic (exact) mass is 384 g/mol. The highest BCUT2D eigenvalue weighted by atomic mass is 16.7. The number of hydrogen-bond donors (Lipinski definition) is 1. The van der Waals surface area contributed by atoms with Crippen LogP contribution in [0, 0.1) is 0 Å². The summed E-state index contributed by atoms with van der Waals surface area (Å²) in [5, 5.41) is 2.91. The van der Waals surface area contributed by atoms with E-state index in [0.29, 0.717) is 40.8 Å². The van der Waals surface area contributed by atoms with E-state index in [1.54, 1.807) is 55.5 Å². The molecule has 0 aliphatic carbocycles. The van der Waals surface area contributed by atoms with Crippen LogP contribution in [0.15, 0.2) is 36.4 Å². The Labute approximate surface area is 161 Å². The van der Waals surface area contributed by atoms with Crippen molar-refractivity contribution in [2.24, 2.45) is 0 Å². The normalized spacial score (nSPS) is 17.6. The van der Waals surface area contributed by atoms with E-state index in [4.69, 9.17) is 18.9 Å². The van der Waals surface area contributed by atoms with E-state index in [9.17, 15) is 9.59 Å². The lowest BCUT2D eigenvalue weighted by Crippen LogP contribution is -2.37. The summed E-state index contributed by atoms with van der Waals surface area (Å²) in [5.74, 6) is 1.97. The summed E-state index contributed by atoms with van der Waals surface area (Å²) in [4.78, 5) is 26.7. The quantitative estimate of drug-likeness (QED) is 0.848. The fraction of sp³-hybridized carbons (Fsp3) is 0.300. The number of carbonyl (C=O) groups excluding carboxylic acids is 2. The number of rotatable bonds is 5. The van der Waals surface area contributed by atoms with Crippen LogP contribution >= 0.6 is 0 Å². The molecule has 1 saturated heterocycles. The fourth-order valence-corrected chi connectivity index (χ4v) is 3.35. The Bertz CT molecular complexity index is 929. The number of amides is 2. The van der Waals surface area contributed by atoms with E-state index in [-0.39, 0.29) is 31.1 Å². The maximum absolute atomic E-state index is 12.6. The van der Waals surface area contributed by atoms with Gasteiger partial charge in [-0.2, -0.15) is 0 Å². The molecule has 8 nitrogen and oxygen atoms in total. The van der Waals surface area contributed by atoms with E-state index in [0.717, 1.165) is 0 Å². The minimum Gasteiger partial charge on any atom is -0.493 e. The van der Waals surface area contributed by atoms with Crippen molar-refractivity contribution in [2.45, 2.75) is 12.5 Å². The lowest BCUT2D eigenvalue weighted by Gasteiger charge is -2.19. The number of nitrogens with zero attached hydrogens (tertiary/aromatic N) is 1. The van der Waals surface area contributed by atoms with Crippen LogP contribution in [0.25, 0.3) is 0 Å². The fourth-order valence-electron chi connectivity index (χ4n) is 3.35. The number of anilines is 1. The number of fused-ring (bicyclic) bond motifs is 1. The molecule has 2 heterocycles. The molecule has 2 aliphatic rings. The molecule has 0 spiro atoms. The molecule has 0 bridgehead atoms. The van der Waals surface area contributed by atoms with Crippen molar-refractivity contribution in [3.63, 3.8) is 0 Å². The molecule has 2 aromatic carbocycles. The van der Waals surface area contributed by atoms with Crippen molar-refractivity contribution in [2.75, 3.05) is 32.5 Å². The second-order valence-electron chi connectivity index (χ2n) is 6.49. The van der Waals surface area contributed by atoms with Gasteiger partial charge in [0, 0.05) is 30.3 Å². The summed E-state index contributed by atoms with van der Waals surface area (Å²) >= 11 is 0. The SMILES string of the molecule is COc1ccc(N2C[C@@H](NC(=O)c3ccc4c(c3)OCO4)CC2=O)cc1OC. The molecule has 2 aliphatic heterocycles. The Kier molecular flexibility index (Phi) is 4.68. The van der Waals surface area contributed by atoms with Gasteiger partial charge in [-0.3, -0.25) is 9.59 Å². The van der Waals surface area contributed by atoms with Gasteiger partial charge < -0.3 is 29.2 Å². The van der Waals surface area contributed by atoms with Gasteiger partial charge in [-0.05, 0) is 30.3 Å². The molecule has 2 amide bonds. The van der Waals surface area contributed by atoms with Gasteiger partial charge >= 0.3 is 0 Å². The zero-order chi connectivity index (χ0) is 19.7. The largest absolute Gasteiger partial charge is 0.493 e. The molecule has 0 saturated carbocycles. The summed E-state index contributed by atoms with van der Waals surface area (Å²) in [7, 11) is 3.10. The number of benzene rings is 2. The number of methoxy groups -OCH3 is 2. The zero-order valence-corrected chi connectivity index (χ0v) is 15.6. The topological polar surface area (TPSA) is 86.3 Å². The predicted molar refractivity (Wildman–Crippen MR) is 100 cm³/mol. The van der Waals surface area contributed by atoms with E-state index < -0.39 is 0 Å². The Hall–Kier alpha value is -3.42. The van der Waals surface area contributed by atoms with Crippen LogP contribution in [0.1, 0.15) is 16.8 Å². The van der Waals surface area contributed by atoms with E-state index in [2.05, 4.69) is 5.32 Å². The Morgan fingerprint density at radius 3 is 2.64 bits per heavy atom. The molecule has 0 aromatic heterocycles. The molecule has 0 unspecified atom stereocenters. The van der Waals surface area contributed by atoms with Crippen LogP contribution in [-0.4, -0.2) is 45.4 Å². The molecule has 8 heteroatoms. The van der Waals surface area contributed by atoms with Gasteiger partial charge in [0.1, 0.15) is 0 Å². The smallest absolute Gasteiger partial charge is 0.251 e. The Morgan fingerprint density at radius 2 is 1.86 bits per heavy atom. The second-order valence-corrected chi connectivity index (χ2v) is 6.49. The average molecular weight is 384 g/mol. The van der Waals surface area contributed by atoms with Crippen LogP contribution in [0.2, 0.25) is 0 Å². The minimum absolute atomic E-state index is 0.0665. The Balaban J connectivity index is 1.45. The van der Waals surface area contributed by atoms with Crippen LogP contribution in [0.3, 0.4) is 0 Å². The first-order valence-electron chi connectivity index (χ1n) is 8.82. The first-order valence-corrected chi connectivity index (χ1v) is 8.82. The molecule has 2 aromatic rings. The molecular weight excluding hydrogens is 364 g/mol. The summed E-state index contributed by atoms with van der Waals surface area (Å²) in [6.45, 7) is 0.530. The summed E-state index contributed by atoms with van der Waals surface area (Å²) in [6.07, 6.45) is 0.227. The minimum atomic E-state index is -0.293. The maximum Gasteiger partial charge on any atom is 0.251 e. The van der Waals surface area contributed by atoms with E-state index in [1.807, 2.05) is 0 Å². The summed E-state index contributed by atoms with van der Waals surface area (Å²) in [5.41, 5.74) is 1.16. The molecule has 4 rings (SSSR count). The average Bonchev–Trinajstić information content (AvgIpc) is 3.32. The number of ether oxygens (including phenoxy) is 4. The van der Waals surface area contributed by atoms with Crippen LogP contribution in [0.4, 0.5) is 5.69 Å². The van der Waals surface area contributed by atoms with Gasteiger partial charge in [0.2, 0.25) is 12.7 Å². The number of nitrogens with one attached hydrogen (secondary N) is 1. The van der Waals surface area contributed by atoms with E-state index >= 15 is 0 Å². The summed E-state index contributed by atoms with van der Waals surface area (Å²) in [6, 6.07) is 10.0. The number of carbonyl (C=O) groups is 2. The molecular formula is C20H20N2O6. The van der Waals surface area contributed by atoms with Crippen molar-refractivity contribution in [1.82, 2.24) is 5.32 Å². The standard InChI is InChI=1S/C20H20N2O6/c1-25-15-6-4-14(9-17(15)26-2)22-10-13(8-19(22)23)21-20(24)12-3-5-16-18(7-12)28-11-27-16/h3-7,9,13H,8,10-11H2,1-2H3,(H,21,24)/t13-/m0/s1. The van der Waals surface area contributed by atoms with E-state index in [1.165, 1.54) is 0 Å². The number of hydrogen-bond acceptors (Lipinski definition) is 6. The van der Waals surface area contributed by atoms with Crippen molar-refractivity contribution in [3.8, 4) is 23.0 Å². The third kappa shape index (κ3) is 3.28.